The highest BCUT2D eigenvalue weighted by molar-refractivity contribution is 5.93. The molecular weight excluding hydrogens is 280 g/mol. The molecule has 0 heterocycles. The quantitative estimate of drug-likeness (QED) is 0.679. The zero-order valence-electron chi connectivity index (χ0n) is 14.0. The van der Waals surface area contributed by atoms with E-state index in [-0.39, 0.29) is 25.7 Å². The van der Waals surface area contributed by atoms with E-state index in [1.54, 1.807) is 6.92 Å². The van der Waals surface area contributed by atoms with Crippen LogP contribution >= 0.6 is 0 Å². The highest BCUT2D eigenvalue weighted by Crippen LogP contribution is 2.21. The Balaban J connectivity index is 2.67. The fraction of sp³-hybridized carbons (Fsp3) is 0.588. The molecule has 0 spiro atoms. The molecule has 5 heteroatoms. The van der Waals surface area contributed by atoms with Gasteiger partial charge in [-0.1, -0.05) is 32.0 Å². The van der Waals surface area contributed by atoms with Crippen molar-refractivity contribution in [2.24, 2.45) is 5.41 Å². The molecule has 0 fully saturated rings. The van der Waals surface area contributed by atoms with Gasteiger partial charge in [-0.2, -0.15) is 0 Å². The molecule has 0 saturated heterocycles. The summed E-state index contributed by atoms with van der Waals surface area (Å²) >= 11 is 0. The summed E-state index contributed by atoms with van der Waals surface area (Å²) in [6.45, 7) is 6.25. The molecular formula is C17H28N2O3. The van der Waals surface area contributed by atoms with Gasteiger partial charge < -0.3 is 15.5 Å². The summed E-state index contributed by atoms with van der Waals surface area (Å²) in [7, 11) is 1.81. The number of aliphatic hydroxyl groups excluding tert-OH is 2. The molecule has 0 aliphatic rings. The summed E-state index contributed by atoms with van der Waals surface area (Å²) in [5.74, 6) is -0.0928. The van der Waals surface area contributed by atoms with E-state index in [0.717, 1.165) is 23.2 Å². The van der Waals surface area contributed by atoms with Gasteiger partial charge in [0.25, 0.3) is 0 Å². The predicted molar refractivity (Wildman–Crippen MR) is 89.0 cm³/mol. The average molecular weight is 308 g/mol. The van der Waals surface area contributed by atoms with Crippen molar-refractivity contribution in [2.75, 3.05) is 38.7 Å². The van der Waals surface area contributed by atoms with Gasteiger partial charge in [0.1, 0.15) is 0 Å². The zero-order chi connectivity index (χ0) is 16.8. The summed E-state index contributed by atoms with van der Waals surface area (Å²) in [6, 6.07) is 5.98. The molecule has 1 aromatic rings. The van der Waals surface area contributed by atoms with Crippen LogP contribution in [0.15, 0.2) is 18.2 Å². The first-order valence-electron chi connectivity index (χ1n) is 7.64. The van der Waals surface area contributed by atoms with Crippen LogP contribution in [-0.4, -0.2) is 54.4 Å². The van der Waals surface area contributed by atoms with Crippen LogP contribution in [0.1, 0.15) is 25.0 Å². The molecule has 124 valence electrons. The maximum Gasteiger partial charge on any atom is 0.238 e. The molecule has 0 aliphatic carbocycles. The molecule has 0 aromatic heterocycles. The number of hydrogen-bond acceptors (Lipinski definition) is 4. The van der Waals surface area contributed by atoms with Crippen LogP contribution in [0.2, 0.25) is 0 Å². The fourth-order valence-corrected chi connectivity index (χ4v) is 2.48. The van der Waals surface area contributed by atoms with E-state index in [4.69, 9.17) is 0 Å². The van der Waals surface area contributed by atoms with Crippen molar-refractivity contribution in [1.29, 1.82) is 0 Å². The van der Waals surface area contributed by atoms with Crippen LogP contribution in [0.25, 0.3) is 0 Å². The average Bonchev–Trinajstić information content (AvgIpc) is 2.48. The Bertz CT molecular complexity index is 499. The highest BCUT2D eigenvalue weighted by Gasteiger charge is 2.25. The molecule has 0 radical (unpaired) electrons. The predicted octanol–water partition coefficient (Wildman–Crippen LogP) is 1.42. The number of para-hydroxylation sites is 1. The molecule has 0 bridgehead atoms. The molecule has 3 N–H and O–H groups in total. The lowest BCUT2D eigenvalue weighted by molar-refractivity contribution is -0.117. The van der Waals surface area contributed by atoms with E-state index in [1.165, 1.54) is 0 Å². The van der Waals surface area contributed by atoms with E-state index in [9.17, 15) is 15.0 Å². The minimum absolute atomic E-state index is 0.0928. The Labute approximate surface area is 133 Å². The molecule has 0 saturated carbocycles. The van der Waals surface area contributed by atoms with Crippen molar-refractivity contribution in [3.8, 4) is 0 Å². The number of nitrogens with zero attached hydrogens (tertiary/aromatic N) is 1. The smallest absolute Gasteiger partial charge is 0.238 e. The van der Waals surface area contributed by atoms with Crippen LogP contribution in [0, 0.1) is 12.3 Å². The van der Waals surface area contributed by atoms with Gasteiger partial charge >= 0.3 is 0 Å². The maximum absolute atomic E-state index is 12.2. The summed E-state index contributed by atoms with van der Waals surface area (Å²) in [6.07, 6.45) is 0.861. The Morgan fingerprint density at radius 1 is 1.32 bits per heavy atom. The van der Waals surface area contributed by atoms with E-state index < -0.39 is 5.41 Å². The van der Waals surface area contributed by atoms with Gasteiger partial charge in [0.2, 0.25) is 5.91 Å². The monoisotopic (exact) mass is 308 g/mol. The number of aliphatic hydroxyl groups is 2. The Morgan fingerprint density at radius 3 is 2.50 bits per heavy atom. The second-order valence-corrected chi connectivity index (χ2v) is 6.31. The third kappa shape index (κ3) is 5.09. The molecule has 5 nitrogen and oxygen atoms in total. The van der Waals surface area contributed by atoms with E-state index in [2.05, 4.69) is 12.2 Å². The molecule has 1 amide bonds. The van der Waals surface area contributed by atoms with Crippen molar-refractivity contribution < 1.29 is 15.0 Å². The SMILES string of the molecule is CCc1cccc(C)c1NC(=O)CN(C)CC(C)(CO)CO. The normalized spacial score (nSPS) is 11.8. The number of aryl methyl sites for hydroxylation is 2. The minimum atomic E-state index is -0.605. The molecule has 1 rings (SSSR count). The number of benzene rings is 1. The van der Waals surface area contributed by atoms with E-state index >= 15 is 0 Å². The number of carbonyl (C=O) groups excluding carboxylic acids is 1. The minimum Gasteiger partial charge on any atom is -0.396 e. The second kappa shape index (κ2) is 8.27. The topological polar surface area (TPSA) is 72.8 Å². The van der Waals surface area contributed by atoms with E-state index in [1.807, 2.05) is 37.1 Å². The number of rotatable bonds is 8. The first-order chi connectivity index (χ1) is 10.3. The molecule has 1 aromatic carbocycles. The van der Waals surface area contributed by atoms with Gasteiger partial charge in [0, 0.05) is 17.6 Å². The number of hydrogen-bond donors (Lipinski definition) is 3. The van der Waals surface area contributed by atoms with Crippen LogP contribution in [0.4, 0.5) is 5.69 Å². The standard InChI is InChI=1S/C17H28N2O3/c1-5-14-8-6-7-13(2)16(14)18-15(22)9-19(4)10-17(3,11-20)12-21/h6-8,20-21H,5,9-12H2,1-4H3,(H,18,22). The lowest BCUT2D eigenvalue weighted by atomic mass is 9.92. The largest absolute Gasteiger partial charge is 0.396 e. The van der Waals surface area contributed by atoms with Gasteiger partial charge in [-0.15, -0.1) is 0 Å². The second-order valence-electron chi connectivity index (χ2n) is 6.31. The summed E-state index contributed by atoms with van der Waals surface area (Å²) in [5, 5.41) is 21.6. The first-order valence-corrected chi connectivity index (χ1v) is 7.64. The van der Waals surface area contributed by atoms with Crippen molar-refractivity contribution in [1.82, 2.24) is 4.90 Å². The first kappa shape index (κ1) is 18.6. The van der Waals surface area contributed by atoms with Gasteiger partial charge in [-0.25, -0.2) is 0 Å². The van der Waals surface area contributed by atoms with Crippen molar-refractivity contribution in [2.45, 2.75) is 27.2 Å². The molecule has 22 heavy (non-hydrogen) atoms. The lowest BCUT2D eigenvalue weighted by Crippen LogP contribution is -2.42. The third-order valence-corrected chi connectivity index (χ3v) is 3.83. The summed E-state index contributed by atoms with van der Waals surface area (Å²) in [5.41, 5.74) is 2.44. The lowest BCUT2D eigenvalue weighted by Gasteiger charge is -2.30. The fourth-order valence-electron chi connectivity index (χ4n) is 2.48. The summed E-state index contributed by atoms with van der Waals surface area (Å²) in [4.78, 5) is 14.0. The van der Waals surface area contributed by atoms with Crippen LogP contribution in [-0.2, 0) is 11.2 Å². The maximum atomic E-state index is 12.2. The van der Waals surface area contributed by atoms with Crippen molar-refractivity contribution in [3.05, 3.63) is 29.3 Å². The highest BCUT2D eigenvalue weighted by atomic mass is 16.3. The number of anilines is 1. The van der Waals surface area contributed by atoms with Crippen LogP contribution < -0.4 is 5.32 Å². The van der Waals surface area contributed by atoms with Crippen molar-refractivity contribution in [3.63, 3.8) is 0 Å². The molecule has 0 atom stereocenters. The Morgan fingerprint density at radius 2 is 1.95 bits per heavy atom. The number of likely N-dealkylation sites (N-methyl/N-ethyl adjacent to an activating group) is 1. The van der Waals surface area contributed by atoms with Crippen LogP contribution in [0.3, 0.4) is 0 Å². The molecule has 0 aliphatic heterocycles. The zero-order valence-corrected chi connectivity index (χ0v) is 14.0. The summed E-state index contributed by atoms with van der Waals surface area (Å²) < 4.78 is 0. The number of amides is 1. The Kier molecular flexibility index (Phi) is 7.00. The number of nitrogens with one attached hydrogen (secondary N) is 1. The van der Waals surface area contributed by atoms with Gasteiger partial charge in [-0.3, -0.25) is 9.69 Å². The van der Waals surface area contributed by atoms with Gasteiger partial charge in [0.05, 0.1) is 19.8 Å². The Hall–Kier alpha value is -1.43. The molecule has 0 unspecified atom stereocenters. The van der Waals surface area contributed by atoms with E-state index in [0.29, 0.717) is 6.54 Å². The van der Waals surface area contributed by atoms with Gasteiger partial charge in [-0.05, 0) is 31.5 Å². The van der Waals surface area contributed by atoms with Gasteiger partial charge in [0.15, 0.2) is 0 Å². The third-order valence-electron chi connectivity index (χ3n) is 3.83. The van der Waals surface area contributed by atoms with Crippen LogP contribution in [0.5, 0.6) is 0 Å². The van der Waals surface area contributed by atoms with Crippen molar-refractivity contribution >= 4 is 11.6 Å². The number of carbonyl (C=O) groups is 1.